The van der Waals surface area contributed by atoms with E-state index >= 15 is 0 Å². The summed E-state index contributed by atoms with van der Waals surface area (Å²) >= 11 is 0. The van der Waals surface area contributed by atoms with E-state index in [1.807, 2.05) is 0 Å². The van der Waals surface area contributed by atoms with E-state index in [9.17, 15) is 10.2 Å². The molecule has 1 saturated carbocycles. The van der Waals surface area contributed by atoms with Crippen LogP contribution in [-0.4, -0.2) is 59.7 Å². The highest BCUT2D eigenvalue weighted by Crippen LogP contribution is 2.26. The first-order chi connectivity index (χ1) is 6.83. The highest BCUT2D eigenvalue weighted by atomic mass is 16.5. The number of morpholine rings is 1. The predicted molar refractivity (Wildman–Crippen MR) is 52.0 cm³/mol. The molecule has 14 heavy (non-hydrogen) atoms. The minimum atomic E-state index is -0.206. The van der Waals surface area contributed by atoms with Gasteiger partial charge < -0.3 is 14.9 Å². The lowest BCUT2D eigenvalue weighted by molar-refractivity contribution is -0.0658. The van der Waals surface area contributed by atoms with Crippen LogP contribution < -0.4 is 0 Å². The Morgan fingerprint density at radius 1 is 1.36 bits per heavy atom. The molecule has 0 spiro atoms. The maximum atomic E-state index is 9.79. The second-order valence-electron chi connectivity index (χ2n) is 4.21. The van der Waals surface area contributed by atoms with E-state index in [0.717, 1.165) is 32.4 Å². The first kappa shape index (κ1) is 10.4. The van der Waals surface area contributed by atoms with E-state index in [4.69, 9.17) is 4.74 Å². The molecule has 4 nitrogen and oxygen atoms in total. The highest BCUT2D eigenvalue weighted by molar-refractivity contribution is 4.89. The standard InChI is InChI=1S/C10H19NO3/c12-6-8-7-14-5-4-11(8)9-2-1-3-10(9)13/h8-10,12-13H,1-7H2. The van der Waals surface area contributed by atoms with Crippen LogP contribution in [0.3, 0.4) is 0 Å². The normalized spacial score (nSPS) is 40.3. The fourth-order valence-electron chi connectivity index (χ4n) is 2.57. The van der Waals surface area contributed by atoms with Crippen LogP contribution in [0.25, 0.3) is 0 Å². The summed E-state index contributed by atoms with van der Waals surface area (Å²) < 4.78 is 5.31. The van der Waals surface area contributed by atoms with Gasteiger partial charge in [-0.1, -0.05) is 0 Å². The van der Waals surface area contributed by atoms with Crippen molar-refractivity contribution >= 4 is 0 Å². The van der Waals surface area contributed by atoms with Crippen molar-refractivity contribution < 1.29 is 14.9 Å². The Morgan fingerprint density at radius 3 is 2.86 bits per heavy atom. The number of rotatable bonds is 2. The largest absolute Gasteiger partial charge is 0.395 e. The predicted octanol–water partition coefficient (Wildman–Crippen LogP) is -0.407. The molecule has 1 saturated heterocycles. The van der Waals surface area contributed by atoms with Crippen LogP contribution in [0.1, 0.15) is 19.3 Å². The smallest absolute Gasteiger partial charge is 0.0695 e. The fourth-order valence-corrected chi connectivity index (χ4v) is 2.57. The molecule has 0 radical (unpaired) electrons. The molecule has 2 aliphatic rings. The summed E-state index contributed by atoms with van der Waals surface area (Å²) in [6, 6.07) is 0.331. The maximum Gasteiger partial charge on any atom is 0.0695 e. The van der Waals surface area contributed by atoms with Gasteiger partial charge in [0, 0.05) is 12.6 Å². The van der Waals surface area contributed by atoms with Crippen molar-refractivity contribution in [3.8, 4) is 0 Å². The lowest BCUT2D eigenvalue weighted by Crippen LogP contribution is -2.54. The summed E-state index contributed by atoms with van der Waals surface area (Å²) in [5.41, 5.74) is 0. The number of nitrogens with zero attached hydrogens (tertiary/aromatic N) is 1. The Balaban J connectivity index is 1.99. The van der Waals surface area contributed by atoms with Gasteiger partial charge in [-0.3, -0.25) is 4.90 Å². The van der Waals surface area contributed by atoms with E-state index in [-0.39, 0.29) is 24.8 Å². The van der Waals surface area contributed by atoms with E-state index in [2.05, 4.69) is 4.90 Å². The molecule has 3 atom stereocenters. The summed E-state index contributed by atoms with van der Waals surface area (Å²) in [6.45, 7) is 2.29. The minimum absolute atomic E-state index is 0.0847. The summed E-state index contributed by atoms with van der Waals surface area (Å²) in [4.78, 5) is 2.22. The molecular weight excluding hydrogens is 182 g/mol. The van der Waals surface area contributed by atoms with Crippen molar-refractivity contribution in [2.75, 3.05) is 26.4 Å². The zero-order valence-corrected chi connectivity index (χ0v) is 8.43. The molecule has 0 aromatic rings. The van der Waals surface area contributed by atoms with Gasteiger partial charge in [0.15, 0.2) is 0 Å². The number of ether oxygens (including phenoxy) is 1. The Kier molecular flexibility index (Phi) is 3.38. The van der Waals surface area contributed by atoms with Gasteiger partial charge in [0.25, 0.3) is 0 Å². The fraction of sp³-hybridized carbons (Fsp3) is 1.00. The van der Waals surface area contributed by atoms with Gasteiger partial charge in [0.05, 0.1) is 32.0 Å². The summed E-state index contributed by atoms with van der Waals surface area (Å²) in [6.07, 6.45) is 2.85. The number of hydrogen-bond donors (Lipinski definition) is 2. The zero-order valence-electron chi connectivity index (χ0n) is 8.43. The quantitative estimate of drug-likeness (QED) is 0.638. The third-order valence-corrected chi connectivity index (χ3v) is 3.35. The first-order valence-electron chi connectivity index (χ1n) is 5.45. The Hall–Kier alpha value is -0.160. The minimum Gasteiger partial charge on any atom is -0.395 e. The van der Waals surface area contributed by atoms with Crippen molar-refractivity contribution in [1.82, 2.24) is 4.90 Å². The molecular formula is C10H19NO3. The average molecular weight is 201 g/mol. The number of aliphatic hydroxyl groups is 2. The summed E-state index contributed by atoms with van der Waals surface area (Å²) in [5, 5.41) is 19.0. The average Bonchev–Trinajstić information content (AvgIpc) is 2.64. The molecule has 2 fully saturated rings. The van der Waals surface area contributed by atoms with E-state index in [0.29, 0.717) is 6.61 Å². The molecule has 0 aromatic heterocycles. The zero-order chi connectivity index (χ0) is 9.97. The van der Waals surface area contributed by atoms with Crippen LogP contribution in [0.4, 0.5) is 0 Å². The van der Waals surface area contributed by atoms with E-state index < -0.39 is 0 Å². The van der Waals surface area contributed by atoms with Gasteiger partial charge in [0.2, 0.25) is 0 Å². The molecule has 1 heterocycles. The van der Waals surface area contributed by atoms with Gasteiger partial charge >= 0.3 is 0 Å². The Morgan fingerprint density at radius 2 is 2.21 bits per heavy atom. The molecule has 2 rings (SSSR count). The lowest BCUT2D eigenvalue weighted by Gasteiger charge is -2.39. The second kappa shape index (κ2) is 4.57. The van der Waals surface area contributed by atoms with Crippen molar-refractivity contribution in [3.63, 3.8) is 0 Å². The molecule has 0 bridgehead atoms. The third kappa shape index (κ3) is 1.93. The highest BCUT2D eigenvalue weighted by Gasteiger charge is 2.35. The van der Waals surface area contributed by atoms with E-state index in [1.165, 1.54) is 0 Å². The van der Waals surface area contributed by atoms with Gasteiger partial charge in [0.1, 0.15) is 0 Å². The molecule has 82 valence electrons. The van der Waals surface area contributed by atoms with Crippen LogP contribution in [0.2, 0.25) is 0 Å². The van der Waals surface area contributed by atoms with Crippen molar-refractivity contribution in [3.05, 3.63) is 0 Å². The van der Waals surface area contributed by atoms with Gasteiger partial charge in [-0.25, -0.2) is 0 Å². The molecule has 1 aliphatic carbocycles. The monoisotopic (exact) mass is 201 g/mol. The first-order valence-corrected chi connectivity index (χ1v) is 5.45. The van der Waals surface area contributed by atoms with Crippen LogP contribution in [0.15, 0.2) is 0 Å². The topological polar surface area (TPSA) is 52.9 Å². The molecule has 0 aromatic carbocycles. The molecule has 0 amide bonds. The van der Waals surface area contributed by atoms with Crippen LogP contribution in [0.5, 0.6) is 0 Å². The number of aliphatic hydroxyl groups excluding tert-OH is 2. The van der Waals surface area contributed by atoms with Gasteiger partial charge in [-0.2, -0.15) is 0 Å². The summed E-state index contributed by atoms with van der Waals surface area (Å²) in [7, 11) is 0. The van der Waals surface area contributed by atoms with Gasteiger partial charge in [-0.15, -0.1) is 0 Å². The maximum absolute atomic E-state index is 9.79. The number of hydrogen-bond acceptors (Lipinski definition) is 4. The van der Waals surface area contributed by atoms with E-state index in [1.54, 1.807) is 0 Å². The van der Waals surface area contributed by atoms with Crippen molar-refractivity contribution in [1.29, 1.82) is 0 Å². The lowest BCUT2D eigenvalue weighted by atomic mass is 10.1. The second-order valence-corrected chi connectivity index (χ2v) is 4.21. The van der Waals surface area contributed by atoms with Crippen LogP contribution in [-0.2, 0) is 4.74 Å². The molecule has 2 N–H and O–H groups in total. The Labute approximate surface area is 84.5 Å². The van der Waals surface area contributed by atoms with Crippen LogP contribution >= 0.6 is 0 Å². The van der Waals surface area contributed by atoms with Gasteiger partial charge in [-0.05, 0) is 19.3 Å². The summed E-state index contributed by atoms with van der Waals surface area (Å²) in [5.74, 6) is 0. The van der Waals surface area contributed by atoms with Crippen molar-refractivity contribution in [2.45, 2.75) is 37.5 Å². The third-order valence-electron chi connectivity index (χ3n) is 3.35. The molecule has 3 unspecified atom stereocenters. The molecule has 4 heteroatoms. The van der Waals surface area contributed by atoms with Crippen molar-refractivity contribution in [2.24, 2.45) is 0 Å². The SMILES string of the molecule is OCC1COCCN1C1CCCC1O. The Bertz CT molecular complexity index is 188. The van der Waals surface area contributed by atoms with Crippen LogP contribution in [0, 0.1) is 0 Å². The molecule has 1 aliphatic heterocycles.